The smallest absolute Gasteiger partial charge is 0.224 e. The quantitative estimate of drug-likeness (QED) is 0.682. The molecule has 2 N–H and O–H groups in total. The monoisotopic (exact) mass is 278 g/mol. The summed E-state index contributed by atoms with van der Waals surface area (Å²) >= 11 is 0. The van der Waals surface area contributed by atoms with Gasteiger partial charge in [-0.2, -0.15) is 0 Å². The van der Waals surface area contributed by atoms with Crippen LogP contribution in [0.3, 0.4) is 0 Å². The summed E-state index contributed by atoms with van der Waals surface area (Å²) in [6.07, 6.45) is 1.25. The van der Waals surface area contributed by atoms with E-state index in [0.29, 0.717) is 19.6 Å². The van der Waals surface area contributed by atoms with Crippen molar-refractivity contribution in [2.75, 3.05) is 25.1 Å². The molecule has 0 bridgehead atoms. The van der Waals surface area contributed by atoms with Gasteiger partial charge in [0.15, 0.2) is 0 Å². The minimum Gasteiger partial charge on any atom is -0.382 e. The number of carbonyl (C=O) groups excluding carboxylic acids is 1. The molecule has 20 heavy (non-hydrogen) atoms. The molecule has 1 atom stereocenters. The second-order valence-electron chi connectivity index (χ2n) is 4.75. The molecule has 112 valence electrons. The van der Waals surface area contributed by atoms with Crippen LogP contribution in [0.25, 0.3) is 0 Å². The molecule has 1 unspecified atom stereocenters. The minimum absolute atomic E-state index is 0.0398. The second kappa shape index (κ2) is 9.50. The van der Waals surface area contributed by atoms with E-state index in [0.717, 1.165) is 18.7 Å². The van der Waals surface area contributed by atoms with Gasteiger partial charge in [0, 0.05) is 31.4 Å². The Morgan fingerprint density at radius 1 is 1.35 bits per heavy atom. The highest BCUT2D eigenvalue weighted by atomic mass is 16.5. The summed E-state index contributed by atoms with van der Waals surface area (Å²) in [5.41, 5.74) is 2.03. The Kier molecular flexibility index (Phi) is 7.92. The van der Waals surface area contributed by atoms with Crippen LogP contribution in [0.5, 0.6) is 0 Å². The fourth-order valence-electron chi connectivity index (χ4n) is 2.01. The molecular formula is C16H26N2O2. The highest BCUT2D eigenvalue weighted by Crippen LogP contribution is 2.17. The Labute approximate surface area is 121 Å². The number of hydrogen-bond acceptors (Lipinski definition) is 3. The van der Waals surface area contributed by atoms with Crippen molar-refractivity contribution < 1.29 is 9.53 Å². The summed E-state index contributed by atoms with van der Waals surface area (Å²) in [6, 6.07) is 8.27. The number of ether oxygens (including phenoxy) is 1. The summed E-state index contributed by atoms with van der Waals surface area (Å²) in [5.74, 6) is 0.0398. The number of rotatable bonds is 9. The van der Waals surface area contributed by atoms with Crippen molar-refractivity contribution >= 4 is 11.6 Å². The molecule has 0 heterocycles. The zero-order valence-electron chi connectivity index (χ0n) is 12.7. The van der Waals surface area contributed by atoms with Crippen LogP contribution in [-0.2, 0) is 9.53 Å². The van der Waals surface area contributed by atoms with Gasteiger partial charge in [0.2, 0.25) is 5.91 Å². The molecule has 1 amide bonds. The van der Waals surface area contributed by atoms with E-state index in [2.05, 4.69) is 30.5 Å². The van der Waals surface area contributed by atoms with Gasteiger partial charge in [-0.3, -0.25) is 4.79 Å². The zero-order valence-corrected chi connectivity index (χ0v) is 12.7. The molecule has 4 nitrogen and oxygen atoms in total. The number of anilines is 1. The first-order valence-corrected chi connectivity index (χ1v) is 7.38. The molecule has 4 heteroatoms. The van der Waals surface area contributed by atoms with Gasteiger partial charge in [-0.1, -0.05) is 19.1 Å². The summed E-state index contributed by atoms with van der Waals surface area (Å²) in [7, 11) is 0. The maximum Gasteiger partial charge on any atom is 0.224 e. The van der Waals surface area contributed by atoms with E-state index >= 15 is 0 Å². The average Bonchev–Trinajstić information content (AvgIpc) is 2.44. The topological polar surface area (TPSA) is 50.4 Å². The van der Waals surface area contributed by atoms with Gasteiger partial charge in [-0.15, -0.1) is 0 Å². The molecule has 0 fully saturated rings. The van der Waals surface area contributed by atoms with Crippen molar-refractivity contribution in [3.63, 3.8) is 0 Å². The molecule has 1 aromatic carbocycles. The van der Waals surface area contributed by atoms with Crippen molar-refractivity contribution in [2.45, 2.75) is 39.7 Å². The Bertz CT molecular complexity index is 407. The van der Waals surface area contributed by atoms with Crippen LogP contribution in [0.4, 0.5) is 5.69 Å². The summed E-state index contributed by atoms with van der Waals surface area (Å²) in [6.45, 7) is 8.42. The zero-order chi connectivity index (χ0) is 14.8. The van der Waals surface area contributed by atoms with Crippen molar-refractivity contribution in [1.29, 1.82) is 0 Å². The predicted octanol–water partition coefficient (Wildman–Crippen LogP) is 3.11. The number of benzene rings is 1. The lowest BCUT2D eigenvalue weighted by molar-refractivity contribution is -0.116. The van der Waals surface area contributed by atoms with Crippen LogP contribution < -0.4 is 10.6 Å². The van der Waals surface area contributed by atoms with Crippen LogP contribution in [0.2, 0.25) is 0 Å². The van der Waals surface area contributed by atoms with E-state index < -0.39 is 0 Å². The highest BCUT2D eigenvalue weighted by Gasteiger charge is 2.06. The first-order chi connectivity index (χ1) is 9.67. The van der Waals surface area contributed by atoms with Crippen LogP contribution in [0.1, 0.15) is 45.2 Å². The second-order valence-corrected chi connectivity index (χ2v) is 4.75. The SMILES string of the molecule is CCNC(C)c1cccc(NC(=O)CCCOCC)c1. The van der Waals surface area contributed by atoms with Gasteiger partial charge < -0.3 is 15.4 Å². The van der Waals surface area contributed by atoms with Crippen molar-refractivity contribution in [2.24, 2.45) is 0 Å². The van der Waals surface area contributed by atoms with Crippen molar-refractivity contribution in [1.82, 2.24) is 5.32 Å². The van der Waals surface area contributed by atoms with E-state index in [1.807, 2.05) is 25.1 Å². The van der Waals surface area contributed by atoms with E-state index in [4.69, 9.17) is 4.74 Å². The van der Waals surface area contributed by atoms with E-state index in [1.165, 1.54) is 5.56 Å². The third-order valence-electron chi connectivity index (χ3n) is 3.08. The minimum atomic E-state index is 0.0398. The average molecular weight is 278 g/mol. The standard InChI is InChI=1S/C16H26N2O2/c1-4-17-13(3)14-8-6-9-15(12-14)18-16(19)10-7-11-20-5-2/h6,8-9,12-13,17H,4-5,7,10-11H2,1-3H3,(H,18,19). The molecule has 1 rings (SSSR count). The Balaban J connectivity index is 2.47. The van der Waals surface area contributed by atoms with Gasteiger partial charge >= 0.3 is 0 Å². The Hall–Kier alpha value is -1.39. The third-order valence-corrected chi connectivity index (χ3v) is 3.08. The van der Waals surface area contributed by atoms with Gasteiger partial charge in [-0.05, 0) is 44.5 Å². The number of hydrogen-bond donors (Lipinski definition) is 2. The third kappa shape index (κ3) is 6.17. The predicted molar refractivity (Wildman–Crippen MR) is 82.9 cm³/mol. The lowest BCUT2D eigenvalue weighted by atomic mass is 10.1. The van der Waals surface area contributed by atoms with Crippen LogP contribution in [0, 0.1) is 0 Å². The maximum atomic E-state index is 11.8. The molecule has 0 saturated heterocycles. The molecular weight excluding hydrogens is 252 g/mol. The first-order valence-electron chi connectivity index (χ1n) is 7.38. The van der Waals surface area contributed by atoms with Gasteiger partial charge in [0.05, 0.1) is 0 Å². The van der Waals surface area contributed by atoms with Crippen molar-refractivity contribution in [3.8, 4) is 0 Å². The first kappa shape index (κ1) is 16.7. The summed E-state index contributed by atoms with van der Waals surface area (Å²) in [5, 5.41) is 6.30. The lowest BCUT2D eigenvalue weighted by Gasteiger charge is -2.14. The molecule has 0 aliphatic heterocycles. The van der Waals surface area contributed by atoms with Crippen LogP contribution >= 0.6 is 0 Å². The van der Waals surface area contributed by atoms with E-state index in [1.54, 1.807) is 0 Å². The normalized spacial score (nSPS) is 12.2. The molecule has 0 aliphatic carbocycles. The number of carbonyl (C=O) groups is 1. The van der Waals surface area contributed by atoms with Gasteiger partial charge in [0.25, 0.3) is 0 Å². The van der Waals surface area contributed by atoms with Gasteiger partial charge in [-0.25, -0.2) is 0 Å². The van der Waals surface area contributed by atoms with E-state index in [-0.39, 0.29) is 11.9 Å². The summed E-state index contributed by atoms with van der Waals surface area (Å²) < 4.78 is 5.22. The molecule has 1 aromatic rings. The fraction of sp³-hybridized carbons (Fsp3) is 0.562. The lowest BCUT2D eigenvalue weighted by Crippen LogP contribution is -2.18. The van der Waals surface area contributed by atoms with Crippen LogP contribution in [-0.4, -0.2) is 25.7 Å². The Morgan fingerprint density at radius 2 is 2.15 bits per heavy atom. The molecule has 0 radical (unpaired) electrons. The van der Waals surface area contributed by atoms with E-state index in [9.17, 15) is 4.79 Å². The van der Waals surface area contributed by atoms with Crippen molar-refractivity contribution in [3.05, 3.63) is 29.8 Å². The summed E-state index contributed by atoms with van der Waals surface area (Å²) in [4.78, 5) is 11.8. The molecule has 0 aliphatic rings. The molecule has 0 spiro atoms. The molecule has 0 aromatic heterocycles. The fourth-order valence-corrected chi connectivity index (χ4v) is 2.01. The molecule has 0 saturated carbocycles. The number of nitrogens with one attached hydrogen (secondary N) is 2. The largest absolute Gasteiger partial charge is 0.382 e. The highest BCUT2D eigenvalue weighted by molar-refractivity contribution is 5.90. The Morgan fingerprint density at radius 3 is 2.85 bits per heavy atom. The maximum absolute atomic E-state index is 11.8. The van der Waals surface area contributed by atoms with Crippen LogP contribution in [0.15, 0.2) is 24.3 Å². The number of amides is 1. The van der Waals surface area contributed by atoms with Gasteiger partial charge in [0.1, 0.15) is 0 Å².